The van der Waals surface area contributed by atoms with Crippen LogP contribution in [0.15, 0.2) is 47.8 Å². The number of hydrogen-bond donors (Lipinski definition) is 1. The van der Waals surface area contributed by atoms with E-state index in [1.54, 1.807) is 11.3 Å². The van der Waals surface area contributed by atoms with Gasteiger partial charge in [-0.1, -0.05) is 42.5 Å². The van der Waals surface area contributed by atoms with Crippen LogP contribution in [0.2, 0.25) is 0 Å². The Labute approximate surface area is 110 Å². The minimum Gasteiger partial charge on any atom is -0.330 e. The third-order valence-corrected chi connectivity index (χ3v) is 3.90. The molecule has 0 fully saturated rings. The Bertz CT molecular complexity index is 668. The molecule has 3 heteroatoms. The molecule has 2 N–H and O–H groups in total. The number of nitrogens with zero attached hydrogens (tertiary/aromatic N) is 1. The number of hydrogen-bond acceptors (Lipinski definition) is 3. The highest BCUT2D eigenvalue weighted by Gasteiger charge is 2.07. The molecule has 0 spiro atoms. The molecule has 0 unspecified atom stereocenters. The van der Waals surface area contributed by atoms with Crippen molar-refractivity contribution in [2.24, 2.45) is 5.73 Å². The minimum atomic E-state index is 0.651. The Balaban J connectivity index is 2.12. The van der Waals surface area contributed by atoms with Crippen molar-refractivity contribution in [3.8, 4) is 10.6 Å². The monoisotopic (exact) mass is 254 g/mol. The van der Waals surface area contributed by atoms with E-state index in [1.807, 2.05) is 0 Å². The van der Waals surface area contributed by atoms with Gasteiger partial charge in [-0.3, -0.25) is 0 Å². The van der Waals surface area contributed by atoms with Crippen LogP contribution in [0.5, 0.6) is 0 Å². The van der Waals surface area contributed by atoms with Crippen LogP contribution in [0, 0.1) is 0 Å². The first-order chi connectivity index (χ1) is 8.88. The van der Waals surface area contributed by atoms with Gasteiger partial charge in [0.1, 0.15) is 5.01 Å². The van der Waals surface area contributed by atoms with E-state index in [0.29, 0.717) is 6.54 Å². The molecule has 90 valence electrons. The SMILES string of the molecule is NCCc1csc(-c2cccc3ccccc23)n1. The molecule has 0 aliphatic carbocycles. The summed E-state index contributed by atoms with van der Waals surface area (Å²) < 4.78 is 0. The van der Waals surface area contributed by atoms with Gasteiger partial charge in [0.25, 0.3) is 0 Å². The molecular weight excluding hydrogens is 240 g/mol. The number of nitrogens with two attached hydrogens (primary N) is 1. The topological polar surface area (TPSA) is 38.9 Å². The lowest BCUT2D eigenvalue weighted by atomic mass is 10.1. The first kappa shape index (κ1) is 11.4. The van der Waals surface area contributed by atoms with E-state index in [9.17, 15) is 0 Å². The molecule has 18 heavy (non-hydrogen) atoms. The molecule has 0 aliphatic rings. The molecule has 0 amide bonds. The normalized spacial score (nSPS) is 10.9. The number of benzene rings is 2. The predicted octanol–water partition coefficient (Wildman–Crippen LogP) is 3.46. The maximum atomic E-state index is 5.56. The van der Waals surface area contributed by atoms with Gasteiger partial charge in [0.2, 0.25) is 0 Å². The van der Waals surface area contributed by atoms with Crippen molar-refractivity contribution < 1.29 is 0 Å². The van der Waals surface area contributed by atoms with Crippen LogP contribution < -0.4 is 5.73 Å². The Morgan fingerprint density at radius 2 is 1.89 bits per heavy atom. The highest BCUT2D eigenvalue weighted by molar-refractivity contribution is 7.13. The molecule has 3 rings (SSSR count). The molecular formula is C15H14N2S. The average Bonchev–Trinajstić information content (AvgIpc) is 2.87. The third-order valence-electron chi connectivity index (χ3n) is 2.97. The summed E-state index contributed by atoms with van der Waals surface area (Å²) >= 11 is 1.69. The molecule has 2 nitrogen and oxygen atoms in total. The lowest BCUT2D eigenvalue weighted by Gasteiger charge is -2.03. The van der Waals surface area contributed by atoms with E-state index < -0.39 is 0 Å². The van der Waals surface area contributed by atoms with Crippen molar-refractivity contribution in [3.05, 3.63) is 53.5 Å². The highest BCUT2D eigenvalue weighted by Crippen LogP contribution is 2.30. The third kappa shape index (κ3) is 2.03. The van der Waals surface area contributed by atoms with Gasteiger partial charge < -0.3 is 5.73 Å². The van der Waals surface area contributed by atoms with Crippen LogP contribution in [0.1, 0.15) is 5.69 Å². The summed E-state index contributed by atoms with van der Waals surface area (Å²) in [4.78, 5) is 4.66. The van der Waals surface area contributed by atoms with E-state index >= 15 is 0 Å². The summed E-state index contributed by atoms with van der Waals surface area (Å²) in [6.45, 7) is 0.651. The van der Waals surface area contributed by atoms with Gasteiger partial charge in [-0.15, -0.1) is 11.3 Å². The maximum absolute atomic E-state index is 5.56. The van der Waals surface area contributed by atoms with E-state index in [1.165, 1.54) is 16.3 Å². The van der Waals surface area contributed by atoms with Gasteiger partial charge in [0, 0.05) is 17.4 Å². The second-order valence-electron chi connectivity index (χ2n) is 4.21. The summed E-state index contributed by atoms with van der Waals surface area (Å²) in [7, 11) is 0. The van der Waals surface area contributed by atoms with Crippen LogP contribution in [0.3, 0.4) is 0 Å². The smallest absolute Gasteiger partial charge is 0.124 e. The first-order valence-electron chi connectivity index (χ1n) is 6.01. The number of aromatic nitrogens is 1. The van der Waals surface area contributed by atoms with Crippen molar-refractivity contribution in [1.82, 2.24) is 4.98 Å². The maximum Gasteiger partial charge on any atom is 0.124 e. The van der Waals surface area contributed by atoms with Crippen LogP contribution in [-0.4, -0.2) is 11.5 Å². The van der Waals surface area contributed by atoms with E-state index in [2.05, 4.69) is 52.8 Å². The summed E-state index contributed by atoms with van der Waals surface area (Å²) in [5.41, 5.74) is 7.86. The Hall–Kier alpha value is -1.71. The summed E-state index contributed by atoms with van der Waals surface area (Å²) in [5, 5.41) is 5.69. The quantitative estimate of drug-likeness (QED) is 0.777. The van der Waals surface area contributed by atoms with Gasteiger partial charge in [-0.25, -0.2) is 4.98 Å². The van der Waals surface area contributed by atoms with Gasteiger partial charge in [-0.2, -0.15) is 0 Å². The molecule has 0 saturated heterocycles. The van der Waals surface area contributed by atoms with Crippen molar-refractivity contribution in [3.63, 3.8) is 0 Å². The van der Waals surface area contributed by atoms with Crippen molar-refractivity contribution in [2.45, 2.75) is 6.42 Å². The molecule has 0 radical (unpaired) electrons. The molecule has 0 atom stereocenters. The lowest BCUT2D eigenvalue weighted by Crippen LogP contribution is -2.02. The van der Waals surface area contributed by atoms with E-state index in [0.717, 1.165) is 17.1 Å². The summed E-state index contributed by atoms with van der Waals surface area (Å²) in [6, 6.07) is 14.8. The molecule has 0 aliphatic heterocycles. The van der Waals surface area contributed by atoms with Gasteiger partial charge in [0.05, 0.1) is 5.69 Å². The van der Waals surface area contributed by atoms with Crippen LogP contribution in [0.4, 0.5) is 0 Å². The fraction of sp³-hybridized carbons (Fsp3) is 0.133. The average molecular weight is 254 g/mol. The second-order valence-corrected chi connectivity index (χ2v) is 5.07. The van der Waals surface area contributed by atoms with Crippen LogP contribution in [0.25, 0.3) is 21.3 Å². The molecule has 0 bridgehead atoms. The standard InChI is InChI=1S/C15H14N2S/c16-9-8-12-10-18-15(17-12)14-7-3-5-11-4-1-2-6-13(11)14/h1-7,10H,8-9,16H2. The highest BCUT2D eigenvalue weighted by atomic mass is 32.1. The van der Waals surface area contributed by atoms with Crippen LogP contribution >= 0.6 is 11.3 Å². The van der Waals surface area contributed by atoms with Crippen molar-refractivity contribution in [2.75, 3.05) is 6.54 Å². The zero-order valence-electron chi connectivity index (χ0n) is 9.97. The zero-order chi connectivity index (χ0) is 12.4. The van der Waals surface area contributed by atoms with E-state index in [4.69, 9.17) is 5.73 Å². The predicted molar refractivity (Wildman–Crippen MR) is 77.8 cm³/mol. The first-order valence-corrected chi connectivity index (χ1v) is 6.89. The lowest BCUT2D eigenvalue weighted by molar-refractivity contribution is 0.937. The fourth-order valence-electron chi connectivity index (χ4n) is 2.11. The van der Waals surface area contributed by atoms with Gasteiger partial charge >= 0.3 is 0 Å². The van der Waals surface area contributed by atoms with Gasteiger partial charge in [0.15, 0.2) is 0 Å². The van der Waals surface area contributed by atoms with Crippen LogP contribution in [-0.2, 0) is 6.42 Å². The Morgan fingerprint density at radius 1 is 1.06 bits per heavy atom. The molecule has 3 aromatic rings. The molecule has 0 saturated carbocycles. The number of fused-ring (bicyclic) bond motifs is 1. The molecule has 1 aromatic heterocycles. The van der Waals surface area contributed by atoms with E-state index in [-0.39, 0.29) is 0 Å². The molecule has 1 heterocycles. The number of rotatable bonds is 3. The minimum absolute atomic E-state index is 0.651. The van der Waals surface area contributed by atoms with Crippen molar-refractivity contribution >= 4 is 22.1 Å². The number of thiazole rings is 1. The molecule has 2 aromatic carbocycles. The van der Waals surface area contributed by atoms with Gasteiger partial charge in [-0.05, 0) is 17.3 Å². The summed E-state index contributed by atoms with van der Waals surface area (Å²) in [5.74, 6) is 0. The Kier molecular flexibility index (Phi) is 3.09. The largest absolute Gasteiger partial charge is 0.330 e. The second kappa shape index (κ2) is 4.88. The van der Waals surface area contributed by atoms with Crippen molar-refractivity contribution in [1.29, 1.82) is 0 Å². The summed E-state index contributed by atoms with van der Waals surface area (Å²) in [6.07, 6.45) is 0.848. The zero-order valence-corrected chi connectivity index (χ0v) is 10.8. The fourth-order valence-corrected chi connectivity index (χ4v) is 3.00. The Morgan fingerprint density at radius 3 is 2.78 bits per heavy atom.